The number of ether oxygens (including phenoxy) is 2. The highest BCUT2D eigenvalue weighted by Gasteiger charge is 2.04. The summed E-state index contributed by atoms with van der Waals surface area (Å²) in [5.41, 5.74) is 2.36. The van der Waals surface area contributed by atoms with Gasteiger partial charge >= 0.3 is 0 Å². The molecule has 0 spiro atoms. The van der Waals surface area contributed by atoms with Crippen LogP contribution in [0, 0.1) is 12.3 Å². The van der Waals surface area contributed by atoms with Crippen molar-refractivity contribution >= 4 is 0 Å². The molecule has 4 nitrogen and oxygen atoms in total. The SMILES string of the molecule is C#CCC(O)COc1ccc(Cc2ccc(OCCCO)cc2)cc1. The molecule has 0 fully saturated rings. The number of terminal acetylenes is 1. The number of benzene rings is 2. The first-order valence-electron chi connectivity index (χ1n) is 8.37. The van der Waals surface area contributed by atoms with Gasteiger partial charge in [0.25, 0.3) is 0 Å². The average Bonchev–Trinajstić information content (AvgIpc) is 2.63. The van der Waals surface area contributed by atoms with Gasteiger partial charge in [0.1, 0.15) is 18.1 Å². The minimum Gasteiger partial charge on any atom is -0.494 e. The minimum atomic E-state index is -0.636. The van der Waals surface area contributed by atoms with Crippen LogP contribution in [0.2, 0.25) is 0 Å². The molecular formula is C21H24O4. The van der Waals surface area contributed by atoms with Crippen LogP contribution in [0.25, 0.3) is 0 Å². The Morgan fingerprint density at radius 2 is 1.48 bits per heavy atom. The van der Waals surface area contributed by atoms with Crippen molar-refractivity contribution in [3.05, 3.63) is 59.7 Å². The number of rotatable bonds is 10. The number of hydrogen-bond acceptors (Lipinski definition) is 4. The summed E-state index contributed by atoms with van der Waals surface area (Å²) >= 11 is 0. The van der Waals surface area contributed by atoms with E-state index in [4.69, 9.17) is 21.0 Å². The maximum Gasteiger partial charge on any atom is 0.119 e. The Morgan fingerprint density at radius 3 is 2.00 bits per heavy atom. The molecule has 2 N–H and O–H groups in total. The molecule has 0 bridgehead atoms. The molecule has 0 aromatic heterocycles. The van der Waals surface area contributed by atoms with E-state index in [9.17, 15) is 5.11 Å². The van der Waals surface area contributed by atoms with Crippen LogP contribution in [-0.4, -0.2) is 36.1 Å². The van der Waals surface area contributed by atoms with Crippen molar-refractivity contribution in [2.24, 2.45) is 0 Å². The van der Waals surface area contributed by atoms with Crippen LogP contribution in [0.3, 0.4) is 0 Å². The lowest BCUT2D eigenvalue weighted by Gasteiger charge is -2.10. The van der Waals surface area contributed by atoms with Gasteiger partial charge in [-0.15, -0.1) is 12.3 Å². The van der Waals surface area contributed by atoms with Crippen LogP contribution in [0.5, 0.6) is 11.5 Å². The fraction of sp³-hybridized carbons (Fsp3) is 0.333. The summed E-state index contributed by atoms with van der Waals surface area (Å²) in [5.74, 6) is 3.93. The van der Waals surface area contributed by atoms with Gasteiger partial charge < -0.3 is 19.7 Å². The molecule has 1 unspecified atom stereocenters. The first-order valence-corrected chi connectivity index (χ1v) is 8.37. The monoisotopic (exact) mass is 340 g/mol. The molecule has 0 amide bonds. The molecule has 0 aliphatic rings. The average molecular weight is 340 g/mol. The fourth-order valence-corrected chi connectivity index (χ4v) is 2.28. The zero-order valence-corrected chi connectivity index (χ0v) is 14.2. The molecule has 0 radical (unpaired) electrons. The molecule has 132 valence electrons. The van der Waals surface area contributed by atoms with Crippen molar-refractivity contribution in [1.82, 2.24) is 0 Å². The Morgan fingerprint density at radius 1 is 0.920 bits per heavy atom. The van der Waals surface area contributed by atoms with Crippen molar-refractivity contribution < 1.29 is 19.7 Å². The Labute approximate surface area is 149 Å². The molecule has 2 rings (SSSR count). The van der Waals surface area contributed by atoms with Crippen molar-refractivity contribution in [2.75, 3.05) is 19.8 Å². The van der Waals surface area contributed by atoms with Gasteiger partial charge in [-0.3, -0.25) is 0 Å². The van der Waals surface area contributed by atoms with Gasteiger partial charge in [0.15, 0.2) is 0 Å². The maximum absolute atomic E-state index is 9.56. The molecule has 0 aliphatic carbocycles. The molecule has 1 atom stereocenters. The predicted molar refractivity (Wildman–Crippen MR) is 97.8 cm³/mol. The summed E-state index contributed by atoms with van der Waals surface area (Å²) in [7, 11) is 0. The Hall–Kier alpha value is -2.48. The summed E-state index contributed by atoms with van der Waals surface area (Å²) in [4.78, 5) is 0. The number of hydrogen-bond donors (Lipinski definition) is 2. The van der Waals surface area contributed by atoms with Gasteiger partial charge in [0, 0.05) is 19.4 Å². The normalized spacial score (nSPS) is 11.6. The summed E-state index contributed by atoms with van der Waals surface area (Å²) in [6.45, 7) is 0.856. The van der Waals surface area contributed by atoms with Crippen molar-refractivity contribution in [2.45, 2.75) is 25.4 Å². The third-order valence-electron chi connectivity index (χ3n) is 3.62. The first kappa shape index (κ1) is 18.9. The van der Waals surface area contributed by atoms with Crippen LogP contribution < -0.4 is 9.47 Å². The van der Waals surface area contributed by atoms with Crippen molar-refractivity contribution in [1.29, 1.82) is 0 Å². The van der Waals surface area contributed by atoms with E-state index in [2.05, 4.69) is 5.92 Å². The minimum absolute atomic E-state index is 0.140. The van der Waals surface area contributed by atoms with Gasteiger partial charge in [0.05, 0.1) is 12.7 Å². The summed E-state index contributed by atoms with van der Waals surface area (Å²) in [5, 5.41) is 18.3. The van der Waals surface area contributed by atoms with Crippen molar-refractivity contribution in [3.8, 4) is 23.8 Å². The van der Waals surface area contributed by atoms with E-state index in [0.717, 1.165) is 12.2 Å². The molecule has 0 heterocycles. The summed E-state index contributed by atoms with van der Waals surface area (Å²) in [6, 6.07) is 15.8. The van der Waals surface area contributed by atoms with E-state index in [0.29, 0.717) is 18.8 Å². The highest BCUT2D eigenvalue weighted by Crippen LogP contribution is 2.18. The van der Waals surface area contributed by atoms with Crippen LogP contribution >= 0.6 is 0 Å². The molecular weight excluding hydrogens is 316 g/mol. The third-order valence-corrected chi connectivity index (χ3v) is 3.62. The standard InChI is InChI=1S/C21H24O4/c1-2-4-19(23)16-25-21-11-7-18(8-12-21)15-17-5-9-20(10-6-17)24-14-3-13-22/h1,5-12,19,22-23H,3-4,13-16H2. The van der Waals surface area contributed by atoms with E-state index in [1.807, 2.05) is 48.5 Å². The van der Waals surface area contributed by atoms with E-state index in [1.54, 1.807) is 0 Å². The maximum atomic E-state index is 9.56. The highest BCUT2D eigenvalue weighted by atomic mass is 16.5. The van der Waals surface area contributed by atoms with Gasteiger partial charge in [0.2, 0.25) is 0 Å². The zero-order valence-electron chi connectivity index (χ0n) is 14.2. The lowest BCUT2D eigenvalue weighted by Crippen LogP contribution is -2.16. The first-order chi connectivity index (χ1) is 12.2. The van der Waals surface area contributed by atoms with E-state index < -0.39 is 6.10 Å². The fourth-order valence-electron chi connectivity index (χ4n) is 2.28. The smallest absolute Gasteiger partial charge is 0.119 e. The van der Waals surface area contributed by atoms with Gasteiger partial charge in [-0.25, -0.2) is 0 Å². The summed E-state index contributed by atoms with van der Waals surface area (Å²) < 4.78 is 11.0. The largest absolute Gasteiger partial charge is 0.494 e. The van der Waals surface area contributed by atoms with Gasteiger partial charge in [-0.1, -0.05) is 24.3 Å². The second kappa shape index (κ2) is 10.4. The molecule has 0 saturated heterocycles. The Kier molecular flexibility index (Phi) is 7.84. The molecule has 2 aromatic carbocycles. The predicted octanol–water partition coefficient (Wildman–Crippen LogP) is 2.80. The van der Waals surface area contributed by atoms with Crippen LogP contribution in [0.1, 0.15) is 24.0 Å². The molecule has 2 aromatic rings. The van der Waals surface area contributed by atoms with Crippen molar-refractivity contribution in [3.63, 3.8) is 0 Å². The lowest BCUT2D eigenvalue weighted by molar-refractivity contribution is 0.111. The van der Waals surface area contributed by atoms with Crippen LogP contribution in [0.4, 0.5) is 0 Å². The topological polar surface area (TPSA) is 58.9 Å². The second-order valence-corrected chi connectivity index (χ2v) is 5.76. The molecule has 0 aliphatic heterocycles. The van der Waals surface area contributed by atoms with Crippen LogP contribution in [-0.2, 0) is 6.42 Å². The van der Waals surface area contributed by atoms with Gasteiger partial charge in [-0.05, 0) is 41.8 Å². The molecule has 25 heavy (non-hydrogen) atoms. The number of aliphatic hydroxyl groups excluding tert-OH is 2. The van der Waals surface area contributed by atoms with Gasteiger partial charge in [-0.2, -0.15) is 0 Å². The number of aliphatic hydroxyl groups is 2. The third kappa shape index (κ3) is 6.88. The Balaban J connectivity index is 1.83. The molecule has 0 saturated carbocycles. The van der Waals surface area contributed by atoms with E-state index in [-0.39, 0.29) is 19.6 Å². The second-order valence-electron chi connectivity index (χ2n) is 5.76. The van der Waals surface area contributed by atoms with E-state index >= 15 is 0 Å². The quantitative estimate of drug-likeness (QED) is 0.516. The highest BCUT2D eigenvalue weighted by molar-refractivity contribution is 5.34. The summed E-state index contributed by atoms with van der Waals surface area (Å²) in [6.07, 6.45) is 6.25. The Bertz CT molecular complexity index is 656. The lowest BCUT2D eigenvalue weighted by atomic mass is 10.0. The molecule has 4 heteroatoms. The van der Waals surface area contributed by atoms with E-state index in [1.165, 1.54) is 11.1 Å². The van der Waals surface area contributed by atoms with Crippen LogP contribution in [0.15, 0.2) is 48.5 Å². The zero-order chi connectivity index (χ0) is 17.9.